The fraction of sp³-hybridized carbons (Fsp3) is 0.417. The Bertz CT molecular complexity index is 3210. The van der Waals surface area contributed by atoms with Crippen LogP contribution in [0.2, 0.25) is 5.02 Å². The lowest BCUT2D eigenvalue weighted by molar-refractivity contribution is -0.156. The predicted octanol–water partition coefficient (Wildman–Crippen LogP) is 12.6. The van der Waals surface area contributed by atoms with Gasteiger partial charge in [-0.1, -0.05) is 215 Å². The Labute approximate surface area is 518 Å². The highest BCUT2D eigenvalue weighted by atomic mass is 35.5. The molecule has 0 spiro atoms. The zero-order chi connectivity index (χ0) is 61.1. The van der Waals surface area contributed by atoms with Crippen molar-refractivity contribution in [1.29, 1.82) is 0 Å². The number of ether oxygens (including phenoxy) is 3. The third-order valence-corrected chi connectivity index (χ3v) is 17.9. The largest absolute Gasteiger partial charge is 0.449 e. The van der Waals surface area contributed by atoms with Crippen molar-refractivity contribution < 1.29 is 43.0 Å². The summed E-state index contributed by atoms with van der Waals surface area (Å²) < 4.78 is 18.6. The second kappa shape index (κ2) is 31.2. The van der Waals surface area contributed by atoms with Crippen LogP contribution < -0.4 is 16.0 Å². The minimum Gasteiger partial charge on any atom is -0.449 e. The fourth-order valence-corrected chi connectivity index (χ4v) is 12.9. The van der Waals surface area contributed by atoms with Gasteiger partial charge in [0.2, 0.25) is 23.6 Å². The number of fused-ring (bicyclic) bond motifs is 3. The highest BCUT2D eigenvalue weighted by Crippen LogP contribution is 2.46. The number of nitrogens with one attached hydrogen (secondary N) is 3. The van der Waals surface area contributed by atoms with Crippen molar-refractivity contribution in [3.8, 4) is 11.1 Å². The van der Waals surface area contributed by atoms with E-state index in [4.69, 9.17) is 25.8 Å². The number of halogens is 1. The van der Waals surface area contributed by atoms with Crippen molar-refractivity contribution in [3.63, 3.8) is 0 Å². The number of benzene rings is 6. The van der Waals surface area contributed by atoms with Gasteiger partial charge in [-0.2, -0.15) is 0 Å². The summed E-state index contributed by atoms with van der Waals surface area (Å²) in [5.41, 5.74) is 6.38. The zero-order valence-electron chi connectivity index (χ0n) is 50.6. The van der Waals surface area contributed by atoms with E-state index in [1.807, 2.05) is 146 Å². The number of rotatable bonds is 23. The molecule has 1 heterocycles. The molecule has 1 saturated carbocycles. The van der Waals surface area contributed by atoms with E-state index in [1.54, 1.807) is 11.0 Å². The Hall–Kier alpha value is -7.81. The molecule has 3 N–H and O–H groups in total. The average molecular weight is 1200 g/mol. The molecule has 2 fully saturated rings. The van der Waals surface area contributed by atoms with E-state index in [1.165, 1.54) is 69.4 Å². The van der Waals surface area contributed by atoms with Gasteiger partial charge in [0, 0.05) is 60.8 Å². The predicted molar refractivity (Wildman–Crippen MR) is 339 cm³/mol. The summed E-state index contributed by atoms with van der Waals surface area (Å²) in [5.74, 6) is -3.09. The quantitative estimate of drug-likeness (QED) is 0.0321. The molecule has 2 aliphatic carbocycles. The summed E-state index contributed by atoms with van der Waals surface area (Å²) in [6.45, 7) is 4.45. The zero-order valence-corrected chi connectivity index (χ0v) is 51.3. The Morgan fingerprint density at radius 1 is 0.621 bits per heavy atom. The highest BCUT2D eigenvalue weighted by molar-refractivity contribution is 6.31. The van der Waals surface area contributed by atoms with Crippen molar-refractivity contribution in [2.24, 2.45) is 0 Å². The van der Waals surface area contributed by atoms with Gasteiger partial charge in [0.1, 0.15) is 30.8 Å². The average Bonchev–Trinajstić information content (AvgIpc) is 1.33. The minimum absolute atomic E-state index is 0.00480. The van der Waals surface area contributed by atoms with E-state index in [-0.39, 0.29) is 25.6 Å². The number of hydrogen-bond donors (Lipinski definition) is 3. The maximum Gasteiger partial charge on any atom is 0.407 e. The molecular formula is C72H84ClN5O9. The van der Waals surface area contributed by atoms with Gasteiger partial charge >= 0.3 is 12.1 Å². The molecular weight excluding hydrogens is 1110 g/mol. The number of hydrogen-bond acceptors (Lipinski definition) is 9. The number of esters is 1. The van der Waals surface area contributed by atoms with Gasteiger partial charge in [0.25, 0.3) is 0 Å². The number of likely N-dealkylation sites (N-methyl/N-ethyl adjacent to an activating group) is 1. The maximum absolute atomic E-state index is 15.2. The van der Waals surface area contributed by atoms with Crippen LogP contribution in [0.25, 0.3) is 11.1 Å². The number of nitrogens with zero attached hydrogens (tertiary/aromatic N) is 2. The summed E-state index contributed by atoms with van der Waals surface area (Å²) >= 11 is 7.16. The Morgan fingerprint density at radius 3 is 1.80 bits per heavy atom. The molecule has 1 unspecified atom stereocenters. The molecule has 9 rings (SSSR count). The SMILES string of the molecule is CCCOC[C@H](NC(=O)OCC1c2ccccc2-c2ccccc21)C(=O)N(C)[C@@H](C)C(=O)N[C@@H](Cc1ccccc1)C(=O)N[C@@H](CC(=O)OC(c1ccccc1)(c1ccc(C2CCCCCCCCC2)cc1)c1ccccc1Cl)C(=O)N1CCCCC1. The van der Waals surface area contributed by atoms with Crippen molar-refractivity contribution in [2.75, 3.05) is 40.0 Å². The van der Waals surface area contributed by atoms with Crippen LogP contribution in [0.4, 0.5) is 4.79 Å². The molecule has 0 aromatic heterocycles. The van der Waals surface area contributed by atoms with E-state index in [0.717, 1.165) is 54.4 Å². The van der Waals surface area contributed by atoms with E-state index in [2.05, 4.69) is 28.1 Å². The first-order valence-electron chi connectivity index (χ1n) is 31.4. The lowest BCUT2D eigenvalue weighted by Crippen LogP contribution is -2.59. The first kappa shape index (κ1) is 63.7. The van der Waals surface area contributed by atoms with Crippen LogP contribution in [-0.4, -0.2) is 110 Å². The van der Waals surface area contributed by atoms with Gasteiger partial charge in [0.05, 0.1) is 13.0 Å². The van der Waals surface area contributed by atoms with Crippen molar-refractivity contribution in [1.82, 2.24) is 25.8 Å². The van der Waals surface area contributed by atoms with Gasteiger partial charge in [0.15, 0.2) is 5.60 Å². The molecule has 6 aromatic carbocycles. The van der Waals surface area contributed by atoms with Crippen LogP contribution in [-0.2, 0) is 50.2 Å². The molecule has 6 aromatic rings. The third-order valence-electron chi connectivity index (χ3n) is 17.5. The van der Waals surface area contributed by atoms with Gasteiger partial charge in [-0.15, -0.1) is 0 Å². The fourth-order valence-electron chi connectivity index (χ4n) is 12.7. The lowest BCUT2D eigenvalue weighted by atomic mass is 9.78. The minimum atomic E-state index is -1.59. The molecule has 0 bridgehead atoms. The lowest BCUT2D eigenvalue weighted by Gasteiger charge is -2.37. The number of piperidine rings is 1. The van der Waals surface area contributed by atoms with Crippen LogP contribution in [0.1, 0.15) is 155 Å². The highest BCUT2D eigenvalue weighted by Gasteiger charge is 2.44. The van der Waals surface area contributed by atoms with Gasteiger partial charge in [-0.25, -0.2) is 4.79 Å². The smallest absolute Gasteiger partial charge is 0.407 e. The Balaban J connectivity index is 0.950. The van der Waals surface area contributed by atoms with Crippen molar-refractivity contribution in [2.45, 2.75) is 152 Å². The van der Waals surface area contributed by atoms with Gasteiger partial charge < -0.3 is 40.0 Å². The molecule has 458 valence electrons. The molecule has 87 heavy (non-hydrogen) atoms. The van der Waals surface area contributed by atoms with E-state index in [9.17, 15) is 19.2 Å². The summed E-state index contributed by atoms with van der Waals surface area (Å²) in [4.78, 5) is 90.7. The van der Waals surface area contributed by atoms with Crippen LogP contribution in [0.3, 0.4) is 0 Å². The molecule has 5 atom stereocenters. The van der Waals surface area contributed by atoms with Crippen molar-refractivity contribution in [3.05, 3.63) is 202 Å². The molecule has 1 saturated heterocycles. The Kier molecular flexibility index (Phi) is 22.8. The van der Waals surface area contributed by atoms with Crippen LogP contribution >= 0.6 is 11.6 Å². The topological polar surface area (TPSA) is 173 Å². The normalized spacial score (nSPS) is 16.7. The number of likely N-dealkylation sites (tertiary alicyclic amines) is 1. The first-order valence-corrected chi connectivity index (χ1v) is 31.8. The summed E-state index contributed by atoms with van der Waals surface area (Å²) in [6.07, 6.45) is 12.5. The summed E-state index contributed by atoms with van der Waals surface area (Å²) in [7, 11) is 1.44. The maximum atomic E-state index is 15.2. The molecule has 1 aliphatic heterocycles. The van der Waals surface area contributed by atoms with E-state index < -0.39 is 71.9 Å². The summed E-state index contributed by atoms with van der Waals surface area (Å²) in [5, 5.41) is 8.87. The van der Waals surface area contributed by atoms with Crippen LogP contribution in [0.5, 0.6) is 0 Å². The number of carbonyl (C=O) groups is 6. The van der Waals surface area contributed by atoms with E-state index in [0.29, 0.717) is 59.3 Å². The standard InChI is InChI=1S/C72H84ClN5O9/c1-4-45-85-49-65(76-71(84)86-48-60-58-35-21-19-33-56(58)57-34-20-22-36-59(57)60)69(82)77(3)50(2)67(80)74-63(46-51-27-13-10-14-28-51)68(81)75-64(70(83)78-43-25-12-26-44-78)47-66(79)87-72(54-31-17-11-18-32-54,61-37-23-24-38-62(61)73)55-41-39-53(40-42-55)52-29-15-8-6-5-7-9-16-30-52/h10-11,13-14,17-24,27-28,31-42,50,52,60,63-65H,4-9,12,15-16,25-26,29-30,43-49H2,1-3H3,(H,74,80)(H,75,81)(H,76,84)/t50-,63-,64-,65-,72?/m0/s1. The second-order valence-electron chi connectivity index (χ2n) is 23.5. The van der Waals surface area contributed by atoms with Gasteiger partial charge in [-0.05, 0) is 90.8 Å². The number of alkyl carbamates (subject to hydrolysis) is 1. The molecule has 15 heteroatoms. The first-order chi connectivity index (χ1) is 42.4. The number of carbonyl (C=O) groups excluding carboxylic acids is 6. The van der Waals surface area contributed by atoms with Crippen LogP contribution in [0, 0.1) is 0 Å². The summed E-state index contributed by atoms with van der Waals surface area (Å²) in [6, 6.07) is 45.1. The monoisotopic (exact) mass is 1200 g/mol. The second-order valence-corrected chi connectivity index (χ2v) is 23.9. The van der Waals surface area contributed by atoms with Gasteiger partial charge in [-0.3, -0.25) is 24.0 Å². The third kappa shape index (κ3) is 16.0. The van der Waals surface area contributed by atoms with Crippen molar-refractivity contribution >= 4 is 47.3 Å². The number of amides is 5. The van der Waals surface area contributed by atoms with Crippen LogP contribution in [0.15, 0.2) is 158 Å². The molecule has 3 aliphatic rings. The Morgan fingerprint density at radius 2 is 1.17 bits per heavy atom. The molecule has 0 radical (unpaired) electrons. The molecule has 14 nitrogen and oxygen atoms in total. The molecule has 5 amide bonds. The van der Waals surface area contributed by atoms with E-state index >= 15 is 9.59 Å².